The number of alkyl halides is 3. The fourth-order valence-corrected chi connectivity index (χ4v) is 3.33. The third kappa shape index (κ3) is 3.91. The number of amides is 1. The van der Waals surface area contributed by atoms with Crippen molar-refractivity contribution in [1.82, 2.24) is 0 Å². The van der Waals surface area contributed by atoms with Crippen LogP contribution in [0.3, 0.4) is 0 Å². The SMILES string of the molecule is O=C(O)CCCN1C(=O)CC(C#CC2CC2)(C(F)(F)F)c2cc(Cl)ccc21. The summed E-state index contributed by atoms with van der Waals surface area (Å²) in [7, 11) is 0. The number of aliphatic carboxylic acids is 1. The molecule has 1 atom stereocenters. The zero-order valence-electron chi connectivity index (χ0n) is 14.3. The fraction of sp³-hybridized carbons (Fsp3) is 0.474. The molecule has 1 aromatic rings. The molecule has 0 saturated heterocycles. The van der Waals surface area contributed by atoms with Crippen LogP contribution in [0.25, 0.3) is 0 Å². The van der Waals surface area contributed by atoms with E-state index in [1.54, 1.807) is 0 Å². The fourth-order valence-electron chi connectivity index (χ4n) is 3.16. The van der Waals surface area contributed by atoms with Gasteiger partial charge in [-0.05, 0) is 37.5 Å². The molecule has 1 heterocycles. The van der Waals surface area contributed by atoms with Crippen LogP contribution in [-0.4, -0.2) is 29.7 Å². The average molecular weight is 400 g/mol. The molecule has 1 aliphatic heterocycles. The Morgan fingerprint density at radius 2 is 2.07 bits per heavy atom. The molecule has 1 unspecified atom stereocenters. The molecule has 1 aliphatic carbocycles. The molecule has 1 aromatic carbocycles. The average Bonchev–Trinajstić information content (AvgIpc) is 3.38. The van der Waals surface area contributed by atoms with Gasteiger partial charge in [-0.1, -0.05) is 23.4 Å². The Morgan fingerprint density at radius 3 is 2.67 bits per heavy atom. The van der Waals surface area contributed by atoms with Crippen molar-refractivity contribution in [2.24, 2.45) is 5.92 Å². The number of carbonyl (C=O) groups is 2. The number of rotatable bonds is 4. The van der Waals surface area contributed by atoms with E-state index in [2.05, 4.69) is 11.8 Å². The van der Waals surface area contributed by atoms with E-state index in [9.17, 15) is 22.8 Å². The molecule has 1 amide bonds. The molecule has 2 aliphatic rings. The maximum atomic E-state index is 14.1. The molecule has 1 saturated carbocycles. The van der Waals surface area contributed by atoms with Crippen molar-refractivity contribution in [3.05, 3.63) is 28.8 Å². The van der Waals surface area contributed by atoms with E-state index in [0.717, 1.165) is 12.8 Å². The van der Waals surface area contributed by atoms with Gasteiger partial charge in [0.05, 0.1) is 6.42 Å². The van der Waals surface area contributed by atoms with Crippen molar-refractivity contribution in [2.45, 2.75) is 43.7 Å². The lowest BCUT2D eigenvalue weighted by atomic mass is 9.73. The molecule has 8 heteroatoms. The molecule has 1 N–H and O–H groups in total. The van der Waals surface area contributed by atoms with Crippen LogP contribution in [0.2, 0.25) is 5.02 Å². The number of nitrogens with zero attached hydrogens (tertiary/aromatic N) is 1. The number of hydrogen-bond donors (Lipinski definition) is 1. The molecule has 0 aromatic heterocycles. The van der Waals surface area contributed by atoms with Crippen molar-refractivity contribution >= 4 is 29.2 Å². The predicted molar refractivity (Wildman–Crippen MR) is 93.5 cm³/mol. The van der Waals surface area contributed by atoms with E-state index < -0.39 is 29.9 Å². The number of anilines is 1. The van der Waals surface area contributed by atoms with Gasteiger partial charge in [-0.3, -0.25) is 9.59 Å². The first-order chi connectivity index (χ1) is 12.6. The number of fused-ring (bicyclic) bond motifs is 1. The van der Waals surface area contributed by atoms with Crippen LogP contribution >= 0.6 is 11.6 Å². The van der Waals surface area contributed by atoms with Gasteiger partial charge in [-0.2, -0.15) is 13.2 Å². The van der Waals surface area contributed by atoms with E-state index >= 15 is 0 Å². The second kappa shape index (κ2) is 7.08. The monoisotopic (exact) mass is 399 g/mol. The third-order valence-electron chi connectivity index (χ3n) is 4.75. The molecule has 4 nitrogen and oxygen atoms in total. The van der Waals surface area contributed by atoms with E-state index in [4.69, 9.17) is 16.7 Å². The lowest BCUT2D eigenvalue weighted by molar-refractivity contribution is -0.178. The Balaban J connectivity index is 2.08. The number of halogens is 4. The van der Waals surface area contributed by atoms with Crippen LogP contribution in [0, 0.1) is 17.8 Å². The topological polar surface area (TPSA) is 57.6 Å². The summed E-state index contributed by atoms with van der Waals surface area (Å²) in [5, 5.41) is 8.89. The number of hydrogen-bond acceptors (Lipinski definition) is 2. The standard InChI is InChI=1S/C19H17ClF3NO3/c20-13-5-6-15-14(10-13)18(19(21,22)23,8-7-12-3-4-12)11-16(25)24(15)9-1-2-17(26)27/h5-6,10,12H,1-4,9,11H2,(H,26,27). The molecule has 144 valence electrons. The molecule has 0 radical (unpaired) electrons. The van der Waals surface area contributed by atoms with Crippen molar-refractivity contribution in [1.29, 1.82) is 0 Å². The minimum atomic E-state index is -4.75. The predicted octanol–water partition coefficient (Wildman–Crippen LogP) is 4.16. The van der Waals surface area contributed by atoms with Gasteiger partial charge < -0.3 is 10.0 Å². The van der Waals surface area contributed by atoms with Crippen molar-refractivity contribution in [2.75, 3.05) is 11.4 Å². The highest BCUT2D eigenvalue weighted by molar-refractivity contribution is 6.30. The Labute approximate surface area is 159 Å². The van der Waals surface area contributed by atoms with Crippen molar-refractivity contribution in [3.8, 4) is 11.8 Å². The summed E-state index contributed by atoms with van der Waals surface area (Å²) in [5.41, 5.74) is -2.66. The molecular formula is C19H17ClF3NO3. The molecule has 1 fully saturated rings. The minimum Gasteiger partial charge on any atom is -0.481 e. The van der Waals surface area contributed by atoms with Gasteiger partial charge in [-0.15, -0.1) is 0 Å². The Kier molecular flexibility index (Phi) is 5.13. The molecule has 3 rings (SSSR count). The summed E-state index contributed by atoms with van der Waals surface area (Å²) in [4.78, 5) is 24.5. The van der Waals surface area contributed by atoms with Crippen LogP contribution in [-0.2, 0) is 15.0 Å². The molecule has 27 heavy (non-hydrogen) atoms. The smallest absolute Gasteiger partial charge is 0.409 e. The van der Waals surface area contributed by atoms with Gasteiger partial charge in [0.1, 0.15) is 0 Å². The van der Waals surface area contributed by atoms with Gasteiger partial charge in [0.2, 0.25) is 5.91 Å². The number of carbonyl (C=O) groups excluding carboxylic acids is 1. The first kappa shape index (κ1) is 19.6. The van der Waals surface area contributed by atoms with E-state index in [0.29, 0.717) is 0 Å². The molecule has 0 bridgehead atoms. The van der Waals surface area contributed by atoms with Crippen LogP contribution in [0.4, 0.5) is 18.9 Å². The van der Waals surface area contributed by atoms with Crippen molar-refractivity contribution < 1.29 is 27.9 Å². The highest BCUT2D eigenvalue weighted by Crippen LogP contribution is 2.51. The van der Waals surface area contributed by atoms with Crippen LogP contribution in [0.5, 0.6) is 0 Å². The Bertz CT molecular complexity index is 839. The largest absolute Gasteiger partial charge is 0.481 e. The van der Waals surface area contributed by atoms with Gasteiger partial charge >= 0.3 is 12.1 Å². The van der Waals surface area contributed by atoms with E-state index in [1.165, 1.54) is 23.1 Å². The second-order valence-corrected chi connectivity index (χ2v) is 7.26. The summed E-state index contributed by atoms with van der Waals surface area (Å²) < 4.78 is 42.4. The van der Waals surface area contributed by atoms with Gasteiger partial charge in [0.15, 0.2) is 5.41 Å². The maximum absolute atomic E-state index is 14.1. The summed E-state index contributed by atoms with van der Waals surface area (Å²) in [5.74, 6) is 3.22. The van der Waals surface area contributed by atoms with Crippen LogP contribution in [0.1, 0.15) is 37.7 Å². The van der Waals surface area contributed by atoms with E-state index in [1.807, 2.05) is 0 Å². The minimum absolute atomic E-state index is 0.0176. The number of benzene rings is 1. The summed E-state index contributed by atoms with van der Waals surface area (Å²) >= 11 is 5.96. The van der Waals surface area contributed by atoms with Gasteiger partial charge in [0.25, 0.3) is 0 Å². The van der Waals surface area contributed by atoms with Crippen LogP contribution in [0.15, 0.2) is 18.2 Å². The second-order valence-electron chi connectivity index (χ2n) is 6.83. The Morgan fingerprint density at radius 1 is 1.37 bits per heavy atom. The lowest BCUT2D eigenvalue weighted by Crippen LogP contribution is -2.51. The Hall–Kier alpha value is -2.20. The first-order valence-corrected chi connectivity index (χ1v) is 8.93. The van der Waals surface area contributed by atoms with Crippen molar-refractivity contribution in [3.63, 3.8) is 0 Å². The highest BCUT2D eigenvalue weighted by Gasteiger charge is 2.60. The summed E-state index contributed by atoms with van der Waals surface area (Å²) in [6.45, 7) is 0.0176. The summed E-state index contributed by atoms with van der Waals surface area (Å²) in [6, 6.07) is 4.00. The quantitative estimate of drug-likeness (QED) is 0.774. The van der Waals surface area contributed by atoms with Crippen LogP contribution < -0.4 is 4.90 Å². The zero-order chi connectivity index (χ0) is 19.8. The van der Waals surface area contributed by atoms with Gasteiger partial charge in [0, 0.05) is 35.2 Å². The molecular weight excluding hydrogens is 383 g/mol. The van der Waals surface area contributed by atoms with E-state index in [-0.39, 0.29) is 41.6 Å². The lowest BCUT2D eigenvalue weighted by Gasteiger charge is -2.41. The first-order valence-electron chi connectivity index (χ1n) is 8.56. The third-order valence-corrected chi connectivity index (χ3v) is 4.99. The zero-order valence-corrected chi connectivity index (χ0v) is 15.0. The maximum Gasteiger partial charge on any atom is 0.409 e. The summed E-state index contributed by atoms with van der Waals surface area (Å²) in [6.07, 6.45) is -4.11. The number of carboxylic acids is 1. The highest BCUT2D eigenvalue weighted by atomic mass is 35.5. The number of carboxylic acid groups (broad SMARTS) is 1. The van der Waals surface area contributed by atoms with Gasteiger partial charge in [-0.25, -0.2) is 0 Å². The molecule has 0 spiro atoms. The normalized spacial score (nSPS) is 22.1.